The molecule has 0 N–H and O–H groups in total. The number of hydrogen-bond donors (Lipinski definition) is 1. The van der Waals surface area contributed by atoms with Crippen LogP contribution in [0.1, 0.15) is 5.56 Å². The number of nitrogens with zero attached hydrogens (tertiary/aromatic N) is 2. The molecule has 1 rings (SSSR count). The number of thiol groups is 1. The van der Waals surface area contributed by atoms with Crippen LogP contribution in [0.2, 0.25) is 0 Å². The lowest BCUT2D eigenvalue weighted by Gasteiger charge is -2.04. The number of hydrogen-bond acceptors (Lipinski definition) is 5. The second-order valence-corrected chi connectivity index (χ2v) is 2.90. The molecule has 0 heterocycles. The van der Waals surface area contributed by atoms with Crippen LogP contribution in [0.3, 0.4) is 0 Å². The molecule has 6 heteroatoms. The third-order valence-corrected chi connectivity index (χ3v) is 1.92. The molecule has 0 aliphatic rings. The Morgan fingerprint density at radius 1 is 1.64 bits per heavy atom. The van der Waals surface area contributed by atoms with Crippen LogP contribution in [-0.4, -0.2) is 12.0 Å². The molecular weight excluding hydrogens is 204 g/mol. The van der Waals surface area contributed by atoms with Gasteiger partial charge in [0.15, 0.2) is 0 Å². The van der Waals surface area contributed by atoms with Gasteiger partial charge in [-0.25, -0.2) is 0 Å². The van der Waals surface area contributed by atoms with E-state index in [0.29, 0.717) is 0 Å². The number of rotatable bonds is 2. The van der Waals surface area contributed by atoms with Crippen molar-refractivity contribution in [3.8, 4) is 11.8 Å². The van der Waals surface area contributed by atoms with Gasteiger partial charge in [0.05, 0.1) is 16.9 Å². The van der Waals surface area contributed by atoms with Gasteiger partial charge in [-0.15, -0.1) is 12.6 Å². The number of methoxy groups -OCH3 is 1. The van der Waals surface area contributed by atoms with Gasteiger partial charge in [0.25, 0.3) is 5.69 Å². The zero-order chi connectivity index (χ0) is 10.7. The number of nitro groups is 1. The summed E-state index contributed by atoms with van der Waals surface area (Å²) in [5.74, 6) is 0.251. The molecule has 0 amide bonds. The molecule has 0 aliphatic heterocycles. The van der Waals surface area contributed by atoms with Crippen molar-refractivity contribution in [2.24, 2.45) is 0 Å². The van der Waals surface area contributed by atoms with E-state index < -0.39 is 4.92 Å². The predicted octanol–water partition coefficient (Wildman–Crippen LogP) is 1.76. The molecule has 0 unspecified atom stereocenters. The van der Waals surface area contributed by atoms with E-state index >= 15 is 0 Å². The second-order valence-electron chi connectivity index (χ2n) is 2.41. The van der Waals surface area contributed by atoms with Crippen molar-refractivity contribution in [2.45, 2.75) is 4.90 Å². The molecule has 0 spiro atoms. The minimum Gasteiger partial charge on any atom is -0.494 e. The number of non-ortho nitro benzene ring substituents is 1. The molecular formula is C8H6N2O3S. The normalized spacial score (nSPS) is 9.21. The van der Waals surface area contributed by atoms with E-state index in [-0.39, 0.29) is 21.9 Å². The molecule has 0 fully saturated rings. The highest BCUT2D eigenvalue weighted by Crippen LogP contribution is 2.31. The number of nitriles is 1. The van der Waals surface area contributed by atoms with Crippen LogP contribution < -0.4 is 4.74 Å². The van der Waals surface area contributed by atoms with Gasteiger partial charge >= 0.3 is 0 Å². The predicted molar refractivity (Wildman–Crippen MR) is 51.6 cm³/mol. The van der Waals surface area contributed by atoms with E-state index in [2.05, 4.69) is 12.6 Å². The van der Waals surface area contributed by atoms with Gasteiger partial charge < -0.3 is 4.74 Å². The molecule has 0 aliphatic carbocycles. The maximum Gasteiger partial charge on any atom is 0.272 e. The van der Waals surface area contributed by atoms with Crippen LogP contribution in [-0.2, 0) is 0 Å². The maximum absolute atomic E-state index is 10.4. The first kappa shape index (κ1) is 10.3. The van der Waals surface area contributed by atoms with Crippen LogP contribution in [0.15, 0.2) is 17.0 Å². The maximum atomic E-state index is 10.4. The quantitative estimate of drug-likeness (QED) is 0.458. The average Bonchev–Trinajstić information content (AvgIpc) is 2.16. The fourth-order valence-electron chi connectivity index (χ4n) is 1.00. The fraction of sp³-hybridized carbons (Fsp3) is 0.125. The van der Waals surface area contributed by atoms with Crippen molar-refractivity contribution < 1.29 is 9.66 Å². The minimum absolute atomic E-state index is 0.103. The van der Waals surface area contributed by atoms with Crippen molar-refractivity contribution in [1.29, 1.82) is 5.26 Å². The third-order valence-electron chi connectivity index (χ3n) is 1.59. The van der Waals surface area contributed by atoms with Crippen molar-refractivity contribution in [2.75, 3.05) is 7.11 Å². The Kier molecular flexibility index (Phi) is 2.94. The number of ether oxygens (including phenoxy) is 1. The minimum atomic E-state index is -0.583. The highest BCUT2D eigenvalue weighted by atomic mass is 32.1. The lowest BCUT2D eigenvalue weighted by molar-refractivity contribution is -0.385. The molecule has 0 bridgehead atoms. The van der Waals surface area contributed by atoms with Crippen molar-refractivity contribution >= 4 is 18.3 Å². The van der Waals surface area contributed by atoms with Crippen molar-refractivity contribution in [3.05, 3.63) is 27.8 Å². The van der Waals surface area contributed by atoms with Gasteiger partial charge in [-0.3, -0.25) is 10.1 Å². The summed E-state index contributed by atoms with van der Waals surface area (Å²) in [6.45, 7) is 0. The zero-order valence-corrected chi connectivity index (χ0v) is 8.12. The van der Waals surface area contributed by atoms with Gasteiger partial charge in [-0.1, -0.05) is 0 Å². The first-order chi connectivity index (χ1) is 6.60. The monoisotopic (exact) mass is 210 g/mol. The van der Waals surface area contributed by atoms with Crippen LogP contribution >= 0.6 is 12.6 Å². The molecule has 0 atom stereocenters. The molecule has 72 valence electrons. The molecule has 1 aromatic rings. The largest absolute Gasteiger partial charge is 0.494 e. The Bertz CT molecular complexity index is 425. The van der Waals surface area contributed by atoms with E-state index in [9.17, 15) is 10.1 Å². The summed E-state index contributed by atoms with van der Waals surface area (Å²) in [6.07, 6.45) is 0. The van der Waals surface area contributed by atoms with E-state index in [1.807, 2.05) is 0 Å². The topological polar surface area (TPSA) is 76.2 Å². The van der Waals surface area contributed by atoms with Crippen molar-refractivity contribution in [1.82, 2.24) is 0 Å². The Morgan fingerprint density at radius 2 is 2.29 bits per heavy atom. The summed E-state index contributed by atoms with van der Waals surface area (Å²) in [4.78, 5) is 10.1. The fourth-order valence-corrected chi connectivity index (χ4v) is 1.35. The number of benzene rings is 1. The summed E-state index contributed by atoms with van der Waals surface area (Å²) in [5.41, 5.74) is -0.0703. The van der Waals surface area contributed by atoms with E-state index in [1.54, 1.807) is 6.07 Å². The molecule has 0 aromatic heterocycles. The third kappa shape index (κ3) is 1.78. The Labute approximate surface area is 85.5 Å². The molecule has 1 aromatic carbocycles. The molecule has 14 heavy (non-hydrogen) atoms. The summed E-state index contributed by atoms with van der Waals surface area (Å²) in [5, 5.41) is 19.1. The second kappa shape index (κ2) is 3.98. The summed E-state index contributed by atoms with van der Waals surface area (Å²) in [7, 11) is 1.38. The Morgan fingerprint density at radius 3 is 2.71 bits per heavy atom. The molecule has 0 saturated carbocycles. The lowest BCUT2D eigenvalue weighted by Crippen LogP contribution is -1.94. The summed E-state index contributed by atoms with van der Waals surface area (Å²) >= 11 is 3.99. The Hall–Kier alpha value is -1.74. The standard InChI is InChI=1S/C8H6N2O3S/c1-13-8-5(4-9)2-6(10(11)12)3-7(8)14/h2-3,14H,1H3. The van der Waals surface area contributed by atoms with Crippen LogP contribution in [0.4, 0.5) is 5.69 Å². The van der Waals surface area contributed by atoms with Gasteiger partial charge in [0, 0.05) is 12.1 Å². The van der Waals surface area contributed by atoms with Crippen molar-refractivity contribution in [3.63, 3.8) is 0 Å². The SMILES string of the molecule is COc1c(S)cc([N+](=O)[O-])cc1C#N. The highest BCUT2D eigenvalue weighted by molar-refractivity contribution is 7.80. The van der Waals surface area contributed by atoms with Gasteiger partial charge in [0.2, 0.25) is 0 Å². The van der Waals surface area contributed by atoms with E-state index in [0.717, 1.165) is 6.07 Å². The first-order valence-corrected chi connectivity index (χ1v) is 4.00. The Balaban J connectivity index is 3.41. The van der Waals surface area contributed by atoms with Gasteiger partial charge in [-0.05, 0) is 0 Å². The van der Waals surface area contributed by atoms with Crippen LogP contribution in [0.5, 0.6) is 5.75 Å². The molecule has 5 nitrogen and oxygen atoms in total. The summed E-state index contributed by atoms with van der Waals surface area (Å²) in [6, 6.07) is 4.19. The average molecular weight is 210 g/mol. The van der Waals surface area contributed by atoms with Crippen LogP contribution in [0.25, 0.3) is 0 Å². The smallest absolute Gasteiger partial charge is 0.272 e. The highest BCUT2D eigenvalue weighted by Gasteiger charge is 2.14. The number of nitro benzene ring substituents is 1. The van der Waals surface area contributed by atoms with Gasteiger partial charge in [-0.2, -0.15) is 5.26 Å². The molecule has 0 saturated heterocycles. The summed E-state index contributed by atoms with van der Waals surface area (Å²) < 4.78 is 4.88. The van der Waals surface area contributed by atoms with Crippen LogP contribution in [0, 0.1) is 21.4 Å². The lowest BCUT2D eigenvalue weighted by atomic mass is 10.2. The zero-order valence-electron chi connectivity index (χ0n) is 7.22. The van der Waals surface area contributed by atoms with Gasteiger partial charge in [0.1, 0.15) is 17.4 Å². The first-order valence-electron chi connectivity index (χ1n) is 3.55. The van der Waals surface area contributed by atoms with E-state index in [1.165, 1.54) is 13.2 Å². The van der Waals surface area contributed by atoms with E-state index in [4.69, 9.17) is 10.00 Å². The molecule has 0 radical (unpaired) electrons.